The molecule has 1 aliphatic rings. The maximum absolute atomic E-state index is 11.9. The van der Waals surface area contributed by atoms with Gasteiger partial charge in [-0.05, 0) is 30.7 Å². The smallest absolute Gasteiger partial charge is 0.315 e. The van der Waals surface area contributed by atoms with Crippen molar-refractivity contribution in [2.75, 3.05) is 6.79 Å². The summed E-state index contributed by atoms with van der Waals surface area (Å²) in [6.07, 6.45) is 3.58. The van der Waals surface area contributed by atoms with E-state index in [1.54, 1.807) is 10.9 Å². The van der Waals surface area contributed by atoms with Crippen LogP contribution in [0, 0.1) is 0 Å². The molecular weight excluding hydrogens is 284 g/mol. The topological polar surface area (TPSA) is 77.4 Å². The van der Waals surface area contributed by atoms with Crippen LogP contribution in [-0.2, 0) is 13.1 Å². The van der Waals surface area contributed by atoms with Crippen LogP contribution in [0.5, 0.6) is 11.5 Å². The zero-order valence-electron chi connectivity index (χ0n) is 12.3. The highest BCUT2D eigenvalue weighted by Gasteiger charge is 2.13. The van der Waals surface area contributed by atoms with Crippen molar-refractivity contribution >= 4 is 6.03 Å². The molecule has 0 radical (unpaired) electrons. The Bertz CT molecular complexity index is 642. The molecular formula is C15H18N4O3. The number of hydrogen-bond acceptors (Lipinski definition) is 4. The van der Waals surface area contributed by atoms with E-state index in [1.165, 1.54) is 0 Å². The van der Waals surface area contributed by atoms with Crippen molar-refractivity contribution in [3.05, 3.63) is 42.2 Å². The van der Waals surface area contributed by atoms with E-state index >= 15 is 0 Å². The summed E-state index contributed by atoms with van der Waals surface area (Å²) in [4.78, 5) is 11.9. The molecule has 1 atom stereocenters. The number of amides is 2. The SMILES string of the molecule is CC(Cn1cccn1)NC(=O)NCc1ccc2c(c1)OCO2. The first-order valence-electron chi connectivity index (χ1n) is 7.11. The Kier molecular flexibility index (Phi) is 4.13. The third-order valence-corrected chi connectivity index (χ3v) is 3.29. The van der Waals surface area contributed by atoms with E-state index in [0.29, 0.717) is 18.8 Å². The number of hydrogen-bond donors (Lipinski definition) is 2. The van der Waals surface area contributed by atoms with E-state index in [0.717, 1.165) is 11.3 Å². The molecule has 0 bridgehead atoms. The summed E-state index contributed by atoms with van der Waals surface area (Å²) in [5.41, 5.74) is 0.958. The van der Waals surface area contributed by atoms with E-state index in [2.05, 4.69) is 15.7 Å². The molecule has 2 amide bonds. The minimum Gasteiger partial charge on any atom is -0.454 e. The molecule has 1 unspecified atom stereocenters. The fraction of sp³-hybridized carbons (Fsp3) is 0.333. The lowest BCUT2D eigenvalue weighted by molar-refractivity contribution is 0.174. The molecule has 22 heavy (non-hydrogen) atoms. The van der Waals surface area contributed by atoms with Crippen molar-refractivity contribution in [3.63, 3.8) is 0 Å². The standard InChI is InChI=1S/C15H18N4O3/c1-11(9-19-6-2-5-17-19)18-15(20)16-8-12-3-4-13-14(7-12)22-10-21-13/h2-7,11H,8-10H2,1H3,(H2,16,18,20). The number of fused-ring (bicyclic) bond motifs is 1. The Balaban J connectivity index is 1.46. The second-order valence-corrected chi connectivity index (χ2v) is 5.14. The Morgan fingerprint density at radius 1 is 1.41 bits per heavy atom. The van der Waals surface area contributed by atoms with Gasteiger partial charge < -0.3 is 20.1 Å². The summed E-state index contributed by atoms with van der Waals surface area (Å²) in [5, 5.41) is 9.81. The maximum atomic E-state index is 11.9. The summed E-state index contributed by atoms with van der Waals surface area (Å²) >= 11 is 0. The number of urea groups is 1. The van der Waals surface area contributed by atoms with Crippen LogP contribution in [0.25, 0.3) is 0 Å². The summed E-state index contributed by atoms with van der Waals surface area (Å²) in [7, 11) is 0. The predicted molar refractivity (Wildman–Crippen MR) is 79.6 cm³/mol. The van der Waals surface area contributed by atoms with E-state index in [9.17, 15) is 4.79 Å². The largest absolute Gasteiger partial charge is 0.454 e. The van der Waals surface area contributed by atoms with Crippen LogP contribution in [0.3, 0.4) is 0 Å². The monoisotopic (exact) mass is 302 g/mol. The molecule has 7 nitrogen and oxygen atoms in total. The molecule has 1 aliphatic heterocycles. The Hall–Kier alpha value is -2.70. The molecule has 3 rings (SSSR count). The first-order valence-corrected chi connectivity index (χ1v) is 7.11. The second-order valence-electron chi connectivity index (χ2n) is 5.14. The fourth-order valence-corrected chi connectivity index (χ4v) is 2.24. The van der Waals surface area contributed by atoms with E-state index in [-0.39, 0.29) is 18.9 Å². The van der Waals surface area contributed by atoms with Gasteiger partial charge in [0.25, 0.3) is 0 Å². The van der Waals surface area contributed by atoms with E-state index < -0.39 is 0 Å². The minimum absolute atomic E-state index is 0.0170. The van der Waals surface area contributed by atoms with Crippen molar-refractivity contribution < 1.29 is 14.3 Å². The molecule has 116 valence electrons. The molecule has 0 fully saturated rings. The van der Waals surface area contributed by atoms with Crippen LogP contribution >= 0.6 is 0 Å². The van der Waals surface area contributed by atoms with E-state index in [1.807, 2.05) is 37.4 Å². The van der Waals surface area contributed by atoms with Crippen LogP contribution in [0.4, 0.5) is 4.79 Å². The summed E-state index contributed by atoms with van der Waals surface area (Å²) < 4.78 is 12.3. The van der Waals surface area contributed by atoms with E-state index in [4.69, 9.17) is 9.47 Å². The van der Waals surface area contributed by atoms with Gasteiger partial charge in [-0.2, -0.15) is 5.10 Å². The van der Waals surface area contributed by atoms with Gasteiger partial charge in [0.1, 0.15) is 0 Å². The summed E-state index contributed by atoms with van der Waals surface area (Å²) in [5.74, 6) is 1.45. The molecule has 7 heteroatoms. The Morgan fingerprint density at radius 3 is 3.09 bits per heavy atom. The van der Waals surface area contributed by atoms with Crippen LogP contribution in [0.15, 0.2) is 36.7 Å². The molecule has 0 saturated heterocycles. The van der Waals surface area contributed by atoms with Crippen LogP contribution in [0.1, 0.15) is 12.5 Å². The fourth-order valence-electron chi connectivity index (χ4n) is 2.24. The number of ether oxygens (including phenoxy) is 2. The molecule has 1 aromatic carbocycles. The highest BCUT2D eigenvalue weighted by Crippen LogP contribution is 2.32. The normalized spacial score (nSPS) is 13.7. The molecule has 0 aliphatic carbocycles. The van der Waals surface area contributed by atoms with Crippen molar-refractivity contribution in [2.45, 2.75) is 26.1 Å². The van der Waals surface area contributed by atoms with Crippen molar-refractivity contribution in [1.29, 1.82) is 0 Å². The Labute approximate surface area is 128 Å². The number of rotatable bonds is 5. The lowest BCUT2D eigenvalue weighted by atomic mass is 10.2. The third-order valence-electron chi connectivity index (χ3n) is 3.29. The minimum atomic E-state index is -0.211. The van der Waals surface area contributed by atoms with Crippen molar-refractivity contribution in [3.8, 4) is 11.5 Å². The quantitative estimate of drug-likeness (QED) is 0.877. The van der Waals surface area contributed by atoms with Gasteiger partial charge in [-0.15, -0.1) is 0 Å². The van der Waals surface area contributed by atoms with Gasteiger partial charge in [0.05, 0.1) is 6.54 Å². The first kappa shape index (κ1) is 14.2. The number of carbonyl (C=O) groups excluding carboxylic acids is 1. The molecule has 1 aromatic heterocycles. The highest BCUT2D eigenvalue weighted by molar-refractivity contribution is 5.74. The molecule has 2 N–H and O–H groups in total. The van der Waals surface area contributed by atoms with Gasteiger partial charge in [0.15, 0.2) is 11.5 Å². The average Bonchev–Trinajstić information content (AvgIpc) is 3.15. The molecule has 2 heterocycles. The Morgan fingerprint density at radius 2 is 2.27 bits per heavy atom. The number of aromatic nitrogens is 2. The van der Waals surface area contributed by atoms with Gasteiger partial charge in [-0.25, -0.2) is 4.79 Å². The van der Waals surface area contributed by atoms with Gasteiger partial charge in [0, 0.05) is 25.0 Å². The zero-order valence-corrected chi connectivity index (χ0v) is 12.3. The second kappa shape index (κ2) is 6.38. The number of carbonyl (C=O) groups is 1. The van der Waals surface area contributed by atoms with Gasteiger partial charge in [-0.3, -0.25) is 4.68 Å². The summed E-state index contributed by atoms with van der Waals surface area (Å²) in [6.45, 7) is 3.24. The first-order chi connectivity index (χ1) is 10.7. The van der Waals surface area contributed by atoms with Gasteiger partial charge >= 0.3 is 6.03 Å². The van der Waals surface area contributed by atoms with Gasteiger partial charge in [0.2, 0.25) is 6.79 Å². The van der Waals surface area contributed by atoms with Crippen molar-refractivity contribution in [1.82, 2.24) is 20.4 Å². The lowest BCUT2D eigenvalue weighted by Crippen LogP contribution is -2.42. The highest BCUT2D eigenvalue weighted by atomic mass is 16.7. The molecule has 0 saturated carbocycles. The van der Waals surface area contributed by atoms with Crippen molar-refractivity contribution in [2.24, 2.45) is 0 Å². The number of nitrogens with zero attached hydrogens (tertiary/aromatic N) is 2. The molecule has 0 spiro atoms. The summed E-state index contributed by atoms with van der Waals surface area (Å²) in [6, 6.07) is 7.25. The number of nitrogens with one attached hydrogen (secondary N) is 2. The predicted octanol–water partition coefficient (Wildman–Crippen LogP) is 1.50. The van der Waals surface area contributed by atoms with Crippen LogP contribution in [0.2, 0.25) is 0 Å². The lowest BCUT2D eigenvalue weighted by Gasteiger charge is -2.14. The number of benzene rings is 1. The third kappa shape index (κ3) is 3.49. The van der Waals surface area contributed by atoms with Crippen LogP contribution in [-0.4, -0.2) is 28.6 Å². The van der Waals surface area contributed by atoms with Crippen LogP contribution < -0.4 is 20.1 Å². The average molecular weight is 302 g/mol. The molecule has 2 aromatic rings. The maximum Gasteiger partial charge on any atom is 0.315 e. The zero-order chi connectivity index (χ0) is 15.4. The van der Waals surface area contributed by atoms with Gasteiger partial charge in [-0.1, -0.05) is 6.07 Å².